The zero-order valence-electron chi connectivity index (χ0n) is 6.98. The first-order valence-electron chi connectivity index (χ1n) is 3.50. The van der Waals surface area contributed by atoms with Gasteiger partial charge in [-0.25, -0.2) is 4.79 Å². The predicted molar refractivity (Wildman–Crippen MR) is 45.0 cm³/mol. The number of anilines is 1. The summed E-state index contributed by atoms with van der Waals surface area (Å²) >= 11 is 0. The Bertz CT molecular complexity index is 349. The van der Waals surface area contributed by atoms with Crippen LogP contribution in [0.2, 0.25) is 0 Å². The summed E-state index contributed by atoms with van der Waals surface area (Å²) in [6.45, 7) is 0. The molecule has 5 nitrogen and oxygen atoms in total. The smallest absolute Gasteiger partial charge is 0.381 e. The monoisotopic (exact) mass is 180 g/mol. The summed E-state index contributed by atoms with van der Waals surface area (Å²) in [5, 5.41) is 0. The largest absolute Gasteiger partial charge is 0.463 e. The maximum atomic E-state index is 11.2. The second kappa shape index (κ2) is 3.66. The summed E-state index contributed by atoms with van der Waals surface area (Å²) < 4.78 is 4.24. The maximum absolute atomic E-state index is 11.2. The molecule has 0 aliphatic heterocycles. The fourth-order valence-electron chi connectivity index (χ4n) is 0.797. The number of rotatable bonds is 2. The van der Waals surface area contributed by atoms with Gasteiger partial charge in [0.2, 0.25) is 0 Å². The molecule has 1 rings (SSSR count). The number of Topliss-reactive ketones (excluding diaryl/α,β-unsaturated/α-hetero) is 1. The van der Waals surface area contributed by atoms with Gasteiger partial charge in [-0.15, -0.1) is 0 Å². The Morgan fingerprint density at radius 3 is 2.77 bits per heavy atom. The Labute approximate surface area is 74.5 Å². The number of carbonyl (C=O) groups is 2. The number of methoxy groups -OCH3 is 1. The van der Waals surface area contributed by atoms with Crippen LogP contribution in [0.25, 0.3) is 0 Å². The number of ether oxygens (including phenoxy) is 1. The number of nitrogens with two attached hydrogens (primary N) is 1. The molecular weight excluding hydrogens is 172 g/mol. The summed E-state index contributed by atoms with van der Waals surface area (Å²) in [6.07, 6.45) is 1.38. The van der Waals surface area contributed by atoms with Gasteiger partial charge in [-0.2, -0.15) is 0 Å². The van der Waals surface area contributed by atoms with Crippen molar-refractivity contribution < 1.29 is 14.3 Å². The molecule has 0 aliphatic carbocycles. The summed E-state index contributed by atoms with van der Waals surface area (Å²) in [5.41, 5.74) is 5.51. The van der Waals surface area contributed by atoms with E-state index in [1.54, 1.807) is 6.07 Å². The number of aromatic nitrogens is 1. The van der Waals surface area contributed by atoms with Crippen LogP contribution in [-0.2, 0) is 9.53 Å². The van der Waals surface area contributed by atoms with Crippen LogP contribution in [0.1, 0.15) is 10.5 Å². The average Bonchev–Trinajstić information content (AvgIpc) is 2.16. The van der Waals surface area contributed by atoms with Crippen LogP contribution in [0.15, 0.2) is 18.3 Å². The van der Waals surface area contributed by atoms with Crippen molar-refractivity contribution in [3.8, 4) is 0 Å². The van der Waals surface area contributed by atoms with Gasteiger partial charge < -0.3 is 10.5 Å². The van der Waals surface area contributed by atoms with Crippen molar-refractivity contribution in [3.05, 3.63) is 24.0 Å². The minimum absolute atomic E-state index is 0.0747. The van der Waals surface area contributed by atoms with Crippen LogP contribution in [-0.4, -0.2) is 23.8 Å². The normalized spacial score (nSPS) is 9.31. The van der Waals surface area contributed by atoms with E-state index in [1.165, 1.54) is 12.3 Å². The predicted octanol–water partition coefficient (Wildman–Crippen LogP) is 0.0195. The molecule has 0 atom stereocenters. The molecule has 5 heteroatoms. The maximum Gasteiger partial charge on any atom is 0.381 e. The summed E-state index contributed by atoms with van der Waals surface area (Å²) in [5.74, 6) is -1.80. The minimum Gasteiger partial charge on any atom is -0.463 e. The van der Waals surface area contributed by atoms with Crippen molar-refractivity contribution in [3.63, 3.8) is 0 Å². The van der Waals surface area contributed by atoms with Gasteiger partial charge in [0.1, 0.15) is 5.69 Å². The molecule has 0 aromatic carbocycles. The Balaban J connectivity index is 3.02. The average molecular weight is 180 g/mol. The van der Waals surface area contributed by atoms with Crippen LogP contribution < -0.4 is 5.73 Å². The zero-order valence-corrected chi connectivity index (χ0v) is 6.98. The molecule has 1 aromatic heterocycles. The lowest BCUT2D eigenvalue weighted by Crippen LogP contribution is -2.18. The van der Waals surface area contributed by atoms with E-state index < -0.39 is 11.8 Å². The standard InChI is InChI=1S/C8H8N2O3/c1-13-8(12)7(11)6-5(9)3-2-4-10-6/h2-4H,9H2,1H3. The molecule has 0 saturated carbocycles. The second-order valence-corrected chi connectivity index (χ2v) is 2.26. The van der Waals surface area contributed by atoms with Crippen molar-refractivity contribution in [1.29, 1.82) is 0 Å². The molecule has 0 bridgehead atoms. The molecule has 0 saturated heterocycles. The highest BCUT2D eigenvalue weighted by Gasteiger charge is 2.19. The van der Waals surface area contributed by atoms with Crippen LogP contribution in [0.3, 0.4) is 0 Å². The van der Waals surface area contributed by atoms with E-state index >= 15 is 0 Å². The molecule has 2 N–H and O–H groups in total. The Morgan fingerprint density at radius 1 is 1.54 bits per heavy atom. The number of hydrogen-bond donors (Lipinski definition) is 1. The number of ketones is 1. The Kier molecular flexibility index (Phi) is 2.59. The highest BCUT2D eigenvalue weighted by atomic mass is 16.5. The topological polar surface area (TPSA) is 82.3 Å². The number of nitrogen functional groups attached to an aromatic ring is 1. The first kappa shape index (κ1) is 9.18. The first-order chi connectivity index (χ1) is 6.16. The third kappa shape index (κ3) is 1.81. The molecule has 0 amide bonds. The number of carbonyl (C=O) groups excluding carboxylic acids is 2. The van der Waals surface area contributed by atoms with Crippen LogP contribution in [0.5, 0.6) is 0 Å². The quantitative estimate of drug-likeness (QED) is 0.394. The minimum atomic E-state index is -0.967. The highest BCUT2D eigenvalue weighted by molar-refractivity contribution is 6.41. The van der Waals surface area contributed by atoms with E-state index in [4.69, 9.17) is 5.73 Å². The lowest BCUT2D eigenvalue weighted by Gasteiger charge is -2.00. The highest BCUT2D eigenvalue weighted by Crippen LogP contribution is 2.07. The molecule has 13 heavy (non-hydrogen) atoms. The number of pyridine rings is 1. The van der Waals surface area contributed by atoms with Crippen molar-refractivity contribution in [2.75, 3.05) is 12.8 Å². The lowest BCUT2D eigenvalue weighted by atomic mass is 10.2. The molecule has 0 fully saturated rings. The molecule has 0 radical (unpaired) electrons. The number of esters is 1. The summed E-state index contributed by atoms with van der Waals surface area (Å²) in [6, 6.07) is 3.06. The van der Waals surface area contributed by atoms with E-state index in [2.05, 4.69) is 9.72 Å². The number of hydrogen-bond acceptors (Lipinski definition) is 5. The van der Waals surface area contributed by atoms with Crippen molar-refractivity contribution in [1.82, 2.24) is 4.98 Å². The van der Waals surface area contributed by atoms with E-state index in [1.807, 2.05) is 0 Å². The van der Waals surface area contributed by atoms with Crippen molar-refractivity contribution in [2.24, 2.45) is 0 Å². The molecular formula is C8H8N2O3. The van der Waals surface area contributed by atoms with Gasteiger partial charge >= 0.3 is 5.97 Å². The van der Waals surface area contributed by atoms with Crippen LogP contribution in [0, 0.1) is 0 Å². The van der Waals surface area contributed by atoms with Crippen molar-refractivity contribution in [2.45, 2.75) is 0 Å². The van der Waals surface area contributed by atoms with Crippen LogP contribution >= 0.6 is 0 Å². The molecule has 68 valence electrons. The van der Waals surface area contributed by atoms with Gasteiger partial charge in [0, 0.05) is 6.20 Å². The zero-order chi connectivity index (χ0) is 9.84. The van der Waals surface area contributed by atoms with Gasteiger partial charge in [-0.1, -0.05) is 0 Å². The molecule has 0 unspecified atom stereocenters. The summed E-state index contributed by atoms with van der Waals surface area (Å²) in [7, 11) is 1.12. The molecule has 0 aliphatic rings. The molecule has 0 spiro atoms. The van der Waals surface area contributed by atoms with Gasteiger partial charge in [-0.3, -0.25) is 9.78 Å². The fraction of sp³-hybridized carbons (Fsp3) is 0.125. The van der Waals surface area contributed by atoms with E-state index in [0.717, 1.165) is 7.11 Å². The van der Waals surface area contributed by atoms with Gasteiger partial charge in [-0.05, 0) is 12.1 Å². The third-order valence-corrected chi connectivity index (χ3v) is 1.42. The molecule has 1 heterocycles. The van der Waals surface area contributed by atoms with Gasteiger partial charge in [0.05, 0.1) is 12.8 Å². The van der Waals surface area contributed by atoms with E-state index in [9.17, 15) is 9.59 Å². The summed E-state index contributed by atoms with van der Waals surface area (Å²) in [4.78, 5) is 25.6. The van der Waals surface area contributed by atoms with E-state index in [0.29, 0.717) is 0 Å². The first-order valence-corrected chi connectivity index (χ1v) is 3.50. The third-order valence-electron chi connectivity index (χ3n) is 1.42. The van der Waals surface area contributed by atoms with Gasteiger partial charge in [0.25, 0.3) is 5.78 Å². The SMILES string of the molecule is COC(=O)C(=O)c1ncccc1N. The van der Waals surface area contributed by atoms with Crippen molar-refractivity contribution >= 4 is 17.4 Å². The lowest BCUT2D eigenvalue weighted by molar-refractivity contribution is -0.135. The van der Waals surface area contributed by atoms with Gasteiger partial charge in [0.15, 0.2) is 0 Å². The fourth-order valence-corrected chi connectivity index (χ4v) is 0.797. The number of nitrogens with zero attached hydrogens (tertiary/aromatic N) is 1. The Hall–Kier alpha value is -1.91. The van der Waals surface area contributed by atoms with E-state index in [-0.39, 0.29) is 11.4 Å². The second-order valence-electron chi connectivity index (χ2n) is 2.26. The van der Waals surface area contributed by atoms with Crippen LogP contribution in [0.4, 0.5) is 5.69 Å². The Morgan fingerprint density at radius 2 is 2.23 bits per heavy atom. The molecule has 1 aromatic rings.